The quantitative estimate of drug-likeness (QED) is 0.672. The number of nitrogens with one attached hydrogen (secondary N) is 1. The summed E-state index contributed by atoms with van der Waals surface area (Å²) in [6.07, 6.45) is 2.53. The van der Waals surface area contributed by atoms with Crippen molar-refractivity contribution < 1.29 is 19.4 Å². The first-order valence-electron chi connectivity index (χ1n) is 5.22. The van der Waals surface area contributed by atoms with Gasteiger partial charge in [-0.2, -0.15) is 0 Å². The molecule has 0 saturated heterocycles. The number of hydrogen-bond acceptors (Lipinski definition) is 3. The molecular weight excluding hydrogens is 198 g/mol. The number of carbonyl (C=O) groups is 2. The molecule has 0 radical (unpaired) electrons. The van der Waals surface area contributed by atoms with Gasteiger partial charge in [0, 0.05) is 13.0 Å². The Bertz CT molecular complexity index is 236. The fourth-order valence-electron chi connectivity index (χ4n) is 1.72. The van der Waals surface area contributed by atoms with Gasteiger partial charge in [-0.1, -0.05) is 0 Å². The smallest absolute Gasteiger partial charge is 0.322 e. The number of amides is 1. The van der Waals surface area contributed by atoms with Crippen molar-refractivity contribution in [1.29, 1.82) is 0 Å². The Morgan fingerprint density at radius 1 is 1.47 bits per heavy atom. The van der Waals surface area contributed by atoms with E-state index in [-0.39, 0.29) is 12.5 Å². The summed E-state index contributed by atoms with van der Waals surface area (Å²) < 4.78 is 5.36. The molecule has 0 aromatic heterocycles. The summed E-state index contributed by atoms with van der Waals surface area (Å²) in [6.45, 7) is 2.37. The van der Waals surface area contributed by atoms with E-state index in [0.29, 0.717) is 25.0 Å². The normalized spacial score (nSPS) is 24.3. The Labute approximate surface area is 88.8 Å². The fraction of sp³-hybridized carbons (Fsp3) is 0.800. The number of carbonyl (C=O) groups excluding carboxylic acids is 1. The highest BCUT2D eigenvalue weighted by molar-refractivity contribution is 5.81. The maximum atomic E-state index is 11.2. The summed E-state index contributed by atoms with van der Waals surface area (Å²) in [5, 5.41) is 10.7. The van der Waals surface area contributed by atoms with Crippen LogP contribution in [0, 0.1) is 5.92 Å². The van der Waals surface area contributed by atoms with Crippen LogP contribution in [0.4, 0.5) is 0 Å². The Hall–Kier alpha value is -1.10. The van der Waals surface area contributed by atoms with E-state index in [4.69, 9.17) is 9.84 Å². The van der Waals surface area contributed by atoms with Gasteiger partial charge in [0.15, 0.2) is 0 Å². The largest absolute Gasteiger partial charge is 0.480 e. The van der Waals surface area contributed by atoms with Gasteiger partial charge in [-0.05, 0) is 25.7 Å². The predicted molar refractivity (Wildman–Crippen MR) is 53.4 cm³/mol. The minimum atomic E-state index is -1.01. The molecule has 5 nitrogen and oxygen atoms in total. The summed E-state index contributed by atoms with van der Waals surface area (Å²) in [5.74, 6) is -0.836. The molecule has 1 aliphatic carbocycles. The molecule has 1 rings (SSSR count). The SMILES string of the molecule is CCOC1CC(CC(=O)NCC(=O)O)C1. The van der Waals surface area contributed by atoms with E-state index in [1.54, 1.807) is 0 Å². The number of ether oxygens (including phenoxy) is 1. The first-order valence-corrected chi connectivity index (χ1v) is 5.22. The lowest BCUT2D eigenvalue weighted by molar-refractivity contribution is -0.138. The van der Waals surface area contributed by atoms with E-state index in [1.807, 2.05) is 6.92 Å². The average molecular weight is 215 g/mol. The summed E-state index contributed by atoms with van der Waals surface area (Å²) in [7, 11) is 0. The van der Waals surface area contributed by atoms with Crippen molar-refractivity contribution in [3.63, 3.8) is 0 Å². The number of rotatable bonds is 6. The summed E-state index contributed by atoms with van der Waals surface area (Å²) >= 11 is 0. The number of hydrogen-bond donors (Lipinski definition) is 2. The second-order valence-electron chi connectivity index (χ2n) is 3.79. The highest BCUT2D eigenvalue weighted by atomic mass is 16.5. The maximum Gasteiger partial charge on any atom is 0.322 e. The molecule has 0 atom stereocenters. The van der Waals surface area contributed by atoms with Crippen LogP contribution in [0.3, 0.4) is 0 Å². The molecule has 15 heavy (non-hydrogen) atoms. The van der Waals surface area contributed by atoms with Crippen LogP contribution < -0.4 is 5.32 Å². The minimum absolute atomic E-state index is 0.183. The Kier molecular flexibility index (Phi) is 4.55. The Morgan fingerprint density at radius 2 is 2.13 bits per heavy atom. The first-order chi connectivity index (χ1) is 7.11. The molecular formula is C10H17NO4. The Balaban J connectivity index is 2.06. The second-order valence-corrected chi connectivity index (χ2v) is 3.79. The van der Waals surface area contributed by atoms with Gasteiger partial charge < -0.3 is 15.2 Å². The lowest BCUT2D eigenvalue weighted by Crippen LogP contribution is -2.37. The van der Waals surface area contributed by atoms with E-state index in [9.17, 15) is 9.59 Å². The predicted octanol–water partition coefficient (Wildman–Crippen LogP) is 0.392. The van der Waals surface area contributed by atoms with Crippen molar-refractivity contribution in [2.45, 2.75) is 32.3 Å². The van der Waals surface area contributed by atoms with Crippen molar-refractivity contribution >= 4 is 11.9 Å². The van der Waals surface area contributed by atoms with Crippen molar-refractivity contribution in [1.82, 2.24) is 5.32 Å². The van der Waals surface area contributed by atoms with Gasteiger partial charge in [0.2, 0.25) is 5.91 Å². The highest BCUT2D eigenvalue weighted by Crippen LogP contribution is 2.32. The third-order valence-electron chi connectivity index (χ3n) is 2.51. The van der Waals surface area contributed by atoms with E-state index >= 15 is 0 Å². The monoisotopic (exact) mass is 215 g/mol. The Morgan fingerprint density at radius 3 is 2.67 bits per heavy atom. The van der Waals surface area contributed by atoms with Gasteiger partial charge in [-0.25, -0.2) is 0 Å². The van der Waals surface area contributed by atoms with E-state index in [1.165, 1.54) is 0 Å². The zero-order valence-electron chi connectivity index (χ0n) is 8.86. The second kappa shape index (κ2) is 5.70. The van der Waals surface area contributed by atoms with Crippen LogP contribution in [0.5, 0.6) is 0 Å². The van der Waals surface area contributed by atoms with Crippen molar-refractivity contribution in [3.8, 4) is 0 Å². The molecule has 86 valence electrons. The van der Waals surface area contributed by atoms with Gasteiger partial charge in [0.05, 0.1) is 6.10 Å². The van der Waals surface area contributed by atoms with Crippen LogP contribution in [-0.4, -0.2) is 36.2 Å². The topological polar surface area (TPSA) is 75.6 Å². The fourth-order valence-corrected chi connectivity index (χ4v) is 1.72. The molecule has 1 fully saturated rings. The summed E-state index contributed by atoms with van der Waals surface area (Å²) in [6, 6.07) is 0. The molecule has 0 aliphatic heterocycles. The average Bonchev–Trinajstić information content (AvgIpc) is 2.11. The molecule has 0 aromatic rings. The van der Waals surface area contributed by atoms with Gasteiger partial charge in [-0.15, -0.1) is 0 Å². The third-order valence-corrected chi connectivity index (χ3v) is 2.51. The van der Waals surface area contributed by atoms with E-state index in [0.717, 1.165) is 12.8 Å². The standard InChI is InChI=1S/C10H17NO4/c1-2-15-8-3-7(4-8)5-9(12)11-6-10(13)14/h7-8H,2-6H2,1H3,(H,11,12)(H,13,14). The maximum absolute atomic E-state index is 11.2. The highest BCUT2D eigenvalue weighted by Gasteiger charge is 2.30. The van der Waals surface area contributed by atoms with Crippen molar-refractivity contribution in [3.05, 3.63) is 0 Å². The number of carboxylic acids is 1. The first kappa shape index (κ1) is 12.0. The molecule has 0 heterocycles. The molecule has 0 bridgehead atoms. The molecule has 1 aliphatic rings. The van der Waals surface area contributed by atoms with Gasteiger partial charge in [-0.3, -0.25) is 9.59 Å². The van der Waals surface area contributed by atoms with Gasteiger partial charge in [0.1, 0.15) is 6.54 Å². The molecule has 2 N–H and O–H groups in total. The molecule has 1 amide bonds. The van der Waals surface area contributed by atoms with Gasteiger partial charge >= 0.3 is 5.97 Å². The zero-order valence-corrected chi connectivity index (χ0v) is 8.86. The van der Waals surface area contributed by atoms with Crippen LogP contribution in [0.2, 0.25) is 0 Å². The van der Waals surface area contributed by atoms with Crippen LogP contribution in [0.15, 0.2) is 0 Å². The lowest BCUT2D eigenvalue weighted by Gasteiger charge is -2.34. The van der Waals surface area contributed by atoms with E-state index < -0.39 is 5.97 Å². The zero-order chi connectivity index (χ0) is 11.3. The molecule has 1 saturated carbocycles. The summed E-state index contributed by atoms with van der Waals surface area (Å²) in [5.41, 5.74) is 0. The molecule has 0 unspecified atom stereocenters. The lowest BCUT2D eigenvalue weighted by atomic mass is 9.80. The minimum Gasteiger partial charge on any atom is -0.480 e. The van der Waals surface area contributed by atoms with Crippen LogP contribution in [0.1, 0.15) is 26.2 Å². The summed E-state index contributed by atoms with van der Waals surface area (Å²) in [4.78, 5) is 21.4. The van der Waals surface area contributed by atoms with Crippen molar-refractivity contribution in [2.75, 3.05) is 13.2 Å². The van der Waals surface area contributed by atoms with E-state index in [2.05, 4.69) is 5.32 Å². The van der Waals surface area contributed by atoms with Crippen LogP contribution in [0.25, 0.3) is 0 Å². The van der Waals surface area contributed by atoms with Crippen molar-refractivity contribution in [2.24, 2.45) is 5.92 Å². The number of aliphatic carboxylic acids is 1. The van der Waals surface area contributed by atoms with Crippen LogP contribution in [-0.2, 0) is 14.3 Å². The third kappa shape index (κ3) is 4.29. The number of carboxylic acid groups (broad SMARTS) is 1. The van der Waals surface area contributed by atoms with Crippen LogP contribution >= 0.6 is 0 Å². The molecule has 0 spiro atoms. The van der Waals surface area contributed by atoms with Gasteiger partial charge in [0.25, 0.3) is 0 Å². The molecule has 5 heteroatoms. The molecule has 0 aromatic carbocycles.